The van der Waals surface area contributed by atoms with Crippen LogP contribution in [0.4, 0.5) is 0 Å². The minimum atomic E-state index is -0.418. The summed E-state index contributed by atoms with van der Waals surface area (Å²) in [6, 6.07) is 6.59. The molecule has 1 N–H and O–H groups in total. The minimum absolute atomic E-state index is 0.0798. The number of carbonyl (C=O) groups is 2. The summed E-state index contributed by atoms with van der Waals surface area (Å²) in [5, 5.41) is 3.25. The maximum Gasteiger partial charge on any atom is 0.307 e. The van der Waals surface area contributed by atoms with Gasteiger partial charge in [-0.15, -0.1) is 0 Å². The van der Waals surface area contributed by atoms with Crippen LogP contribution in [-0.4, -0.2) is 19.0 Å². The summed E-state index contributed by atoms with van der Waals surface area (Å²) in [4.78, 5) is 22.3. The number of carbonyl (C=O) groups excluding carboxylic acids is 2. The zero-order valence-electron chi connectivity index (χ0n) is 9.70. The smallest absolute Gasteiger partial charge is 0.307 e. The molecule has 1 aromatic carbocycles. The van der Waals surface area contributed by atoms with E-state index in [1.807, 2.05) is 0 Å². The molecule has 17 heavy (non-hydrogen) atoms. The lowest BCUT2D eigenvalue weighted by molar-refractivity contribution is -0.141. The van der Waals surface area contributed by atoms with Gasteiger partial charge in [-0.3, -0.25) is 9.59 Å². The number of amides is 1. The van der Waals surface area contributed by atoms with E-state index in [-0.39, 0.29) is 18.3 Å². The largest absolute Gasteiger partial charge is 0.469 e. The first-order chi connectivity index (χ1) is 8.02. The van der Waals surface area contributed by atoms with Gasteiger partial charge in [0.1, 0.15) is 0 Å². The highest BCUT2D eigenvalue weighted by Gasteiger charge is 2.17. The van der Waals surface area contributed by atoms with Crippen LogP contribution in [0, 0.1) is 0 Å². The first-order valence-corrected chi connectivity index (χ1v) is 5.50. The lowest BCUT2D eigenvalue weighted by Gasteiger charge is -2.17. The number of ether oxygens (including phenoxy) is 1. The lowest BCUT2D eigenvalue weighted by Crippen LogP contribution is -2.28. The van der Waals surface area contributed by atoms with E-state index in [0.717, 1.165) is 5.56 Å². The Morgan fingerprint density at radius 2 is 2.18 bits per heavy atom. The Kier molecular flexibility index (Phi) is 4.97. The summed E-state index contributed by atoms with van der Waals surface area (Å²) >= 11 is 5.87. The van der Waals surface area contributed by atoms with Crippen LogP contribution in [0.1, 0.15) is 24.9 Å². The predicted molar refractivity (Wildman–Crippen MR) is 64.6 cm³/mol. The normalized spacial score (nSPS) is 11.7. The summed E-state index contributed by atoms with van der Waals surface area (Å²) in [7, 11) is 1.31. The molecule has 1 aromatic rings. The lowest BCUT2D eigenvalue weighted by atomic mass is 10.0. The third-order valence-corrected chi connectivity index (χ3v) is 2.46. The average molecular weight is 256 g/mol. The summed E-state index contributed by atoms with van der Waals surface area (Å²) in [6.45, 7) is 1.40. The second-order valence-electron chi connectivity index (χ2n) is 3.59. The Morgan fingerprint density at radius 1 is 1.47 bits per heavy atom. The van der Waals surface area contributed by atoms with Crippen LogP contribution < -0.4 is 5.32 Å². The number of hydrogen-bond donors (Lipinski definition) is 1. The molecule has 0 aliphatic carbocycles. The van der Waals surface area contributed by atoms with Gasteiger partial charge in [-0.2, -0.15) is 0 Å². The number of rotatable bonds is 4. The summed E-state index contributed by atoms with van der Waals surface area (Å²) < 4.78 is 4.59. The Hall–Kier alpha value is -1.55. The number of methoxy groups -OCH3 is 1. The van der Waals surface area contributed by atoms with Crippen LogP contribution in [0.2, 0.25) is 5.02 Å². The molecular weight excluding hydrogens is 242 g/mol. The highest BCUT2D eigenvalue weighted by molar-refractivity contribution is 6.30. The van der Waals surface area contributed by atoms with Crippen molar-refractivity contribution in [3.8, 4) is 0 Å². The Balaban J connectivity index is 2.89. The van der Waals surface area contributed by atoms with Gasteiger partial charge in [0, 0.05) is 11.9 Å². The van der Waals surface area contributed by atoms with Gasteiger partial charge in [0.05, 0.1) is 19.6 Å². The fourth-order valence-electron chi connectivity index (χ4n) is 1.47. The van der Waals surface area contributed by atoms with Gasteiger partial charge in [-0.05, 0) is 17.7 Å². The van der Waals surface area contributed by atoms with Gasteiger partial charge in [-0.25, -0.2) is 0 Å². The number of nitrogens with one attached hydrogen (secondary N) is 1. The molecule has 0 saturated heterocycles. The van der Waals surface area contributed by atoms with Gasteiger partial charge >= 0.3 is 5.97 Å². The van der Waals surface area contributed by atoms with E-state index < -0.39 is 6.04 Å². The van der Waals surface area contributed by atoms with Crippen molar-refractivity contribution in [2.45, 2.75) is 19.4 Å². The molecule has 0 saturated carbocycles. The number of halogens is 1. The molecule has 0 aromatic heterocycles. The predicted octanol–water partition coefficient (Wildman–Crippen LogP) is 2.08. The van der Waals surface area contributed by atoms with Crippen LogP contribution in [-0.2, 0) is 14.3 Å². The van der Waals surface area contributed by atoms with Crippen molar-refractivity contribution in [3.63, 3.8) is 0 Å². The highest BCUT2D eigenvalue weighted by Crippen LogP contribution is 2.20. The van der Waals surface area contributed by atoms with Gasteiger partial charge < -0.3 is 10.1 Å². The molecule has 0 aliphatic heterocycles. The van der Waals surface area contributed by atoms with Crippen molar-refractivity contribution in [1.29, 1.82) is 0 Å². The topological polar surface area (TPSA) is 55.4 Å². The molecule has 1 rings (SSSR count). The number of benzene rings is 1. The minimum Gasteiger partial charge on any atom is -0.469 e. The van der Waals surface area contributed by atoms with Crippen LogP contribution in [0.5, 0.6) is 0 Å². The van der Waals surface area contributed by atoms with E-state index in [0.29, 0.717) is 5.02 Å². The fraction of sp³-hybridized carbons (Fsp3) is 0.333. The zero-order chi connectivity index (χ0) is 12.8. The SMILES string of the molecule is COC(=O)CC(NC(C)=O)c1cccc(Cl)c1. The zero-order valence-corrected chi connectivity index (χ0v) is 10.5. The first kappa shape index (κ1) is 13.5. The van der Waals surface area contributed by atoms with Crippen molar-refractivity contribution >= 4 is 23.5 Å². The maximum atomic E-state index is 11.3. The van der Waals surface area contributed by atoms with Gasteiger partial charge in [0.2, 0.25) is 5.91 Å². The molecule has 0 heterocycles. The summed E-state index contributed by atoms with van der Waals surface area (Å²) in [6.07, 6.45) is 0.0798. The van der Waals surface area contributed by atoms with Crippen LogP contribution in [0.15, 0.2) is 24.3 Å². The molecule has 5 heteroatoms. The second kappa shape index (κ2) is 6.25. The van der Waals surface area contributed by atoms with Gasteiger partial charge in [0.15, 0.2) is 0 Å². The van der Waals surface area contributed by atoms with Gasteiger partial charge in [0.25, 0.3) is 0 Å². The van der Waals surface area contributed by atoms with Crippen molar-refractivity contribution in [2.75, 3.05) is 7.11 Å². The van der Waals surface area contributed by atoms with Crippen molar-refractivity contribution in [3.05, 3.63) is 34.9 Å². The van der Waals surface area contributed by atoms with Crippen LogP contribution in [0.3, 0.4) is 0 Å². The molecule has 0 fully saturated rings. The molecule has 0 bridgehead atoms. The monoisotopic (exact) mass is 255 g/mol. The third-order valence-electron chi connectivity index (χ3n) is 2.23. The third kappa shape index (κ3) is 4.44. The number of esters is 1. The molecule has 4 nitrogen and oxygen atoms in total. The molecule has 1 atom stereocenters. The van der Waals surface area contributed by atoms with E-state index in [4.69, 9.17) is 11.6 Å². The van der Waals surface area contributed by atoms with E-state index >= 15 is 0 Å². The molecule has 1 amide bonds. The Bertz CT molecular complexity index is 420. The van der Waals surface area contributed by atoms with E-state index in [2.05, 4.69) is 10.1 Å². The van der Waals surface area contributed by atoms with E-state index in [1.165, 1.54) is 14.0 Å². The maximum absolute atomic E-state index is 11.3. The average Bonchev–Trinajstić information content (AvgIpc) is 2.27. The van der Waals surface area contributed by atoms with Crippen molar-refractivity contribution in [1.82, 2.24) is 5.32 Å². The molecular formula is C12H14ClNO3. The fourth-order valence-corrected chi connectivity index (χ4v) is 1.67. The molecule has 92 valence electrons. The highest BCUT2D eigenvalue weighted by atomic mass is 35.5. The standard InChI is InChI=1S/C12H14ClNO3/c1-8(15)14-11(7-12(16)17-2)9-4-3-5-10(13)6-9/h3-6,11H,7H2,1-2H3,(H,14,15). The first-order valence-electron chi connectivity index (χ1n) is 5.12. The summed E-state index contributed by atoms with van der Waals surface area (Å²) in [5.74, 6) is -0.595. The Labute approximate surface area is 105 Å². The van der Waals surface area contributed by atoms with Gasteiger partial charge in [-0.1, -0.05) is 23.7 Å². The molecule has 0 spiro atoms. The summed E-state index contributed by atoms with van der Waals surface area (Å²) in [5.41, 5.74) is 0.776. The van der Waals surface area contributed by atoms with E-state index in [9.17, 15) is 9.59 Å². The quantitative estimate of drug-likeness (QED) is 0.838. The van der Waals surface area contributed by atoms with E-state index in [1.54, 1.807) is 24.3 Å². The molecule has 1 unspecified atom stereocenters. The van der Waals surface area contributed by atoms with Crippen LogP contribution >= 0.6 is 11.6 Å². The van der Waals surface area contributed by atoms with Crippen LogP contribution in [0.25, 0.3) is 0 Å². The van der Waals surface area contributed by atoms with Crippen molar-refractivity contribution in [2.24, 2.45) is 0 Å². The van der Waals surface area contributed by atoms with Crippen molar-refractivity contribution < 1.29 is 14.3 Å². The second-order valence-corrected chi connectivity index (χ2v) is 4.02. The molecule has 0 radical (unpaired) electrons. The Morgan fingerprint density at radius 3 is 2.71 bits per heavy atom. The molecule has 0 aliphatic rings. The number of hydrogen-bond acceptors (Lipinski definition) is 3.